The maximum atomic E-state index is 13.2. The predicted molar refractivity (Wildman–Crippen MR) is 122 cm³/mol. The van der Waals surface area contributed by atoms with E-state index in [0.29, 0.717) is 17.2 Å². The van der Waals surface area contributed by atoms with Crippen molar-refractivity contribution in [1.29, 1.82) is 0 Å². The van der Waals surface area contributed by atoms with E-state index in [4.69, 9.17) is 35.3 Å². The zero-order valence-corrected chi connectivity index (χ0v) is 20.0. The minimum atomic E-state index is -4.10. The van der Waals surface area contributed by atoms with Crippen LogP contribution in [-0.4, -0.2) is 45.7 Å². The summed E-state index contributed by atoms with van der Waals surface area (Å²) in [6.07, 6.45) is 1.74. The smallest absolute Gasteiger partial charge is 0.263 e. The topological polar surface area (TPSA) is 118 Å². The van der Waals surface area contributed by atoms with Crippen LogP contribution in [0, 0.1) is 0 Å². The van der Waals surface area contributed by atoms with Gasteiger partial charge in [-0.15, -0.1) is 0 Å². The fraction of sp³-hybridized carbons (Fsp3) is 0.200. The van der Waals surface area contributed by atoms with Crippen molar-refractivity contribution in [2.24, 2.45) is 0 Å². The van der Waals surface area contributed by atoms with E-state index in [1.807, 2.05) is 0 Å². The minimum Gasteiger partial charge on any atom is -0.497 e. The molecule has 2 aromatic carbocycles. The second-order valence-electron chi connectivity index (χ2n) is 6.42. The zero-order valence-electron chi connectivity index (χ0n) is 17.6. The molecule has 0 fully saturated rings. The van der Waals surface area contributed by atoms with Crippen LogP contribution in [0.3, 0.4) is 0 Å². The van der Waals surface area contributed by atoms with E-state index in [1.54, 1.807) is 24.5 Å². The number of halogens is 1. The second kappa shape index (κ2) is 9.41. The number of hydrogen-bond acceptors (Lipinski definition) is 10. The van der Waals surface area contributed by atoms with E-state index in [1.165, 1.54) is 44.2 Å². The van der Waals surface area contributed by atoms with Gasteiger partial charge in [0.1, 0.15) is 11.5 Å². The molecular weight excluding hydrogens is 494 g/mol. The summed E-state index contributed by atoms with van der Waals surface area (Å²) in [7, 11) is -1.23. The first-order chi connectivity index (χ1) is 15.8. The highest BCUT2D eigenvalue weighted by Crippen LogP contribution is 2.42. The van der Waals surface area contributed by atoms with Crippen LogP contribution < -0.4 is 28.4 Å². The Kier molecular flexibility index (Phi) is 6.58. The largest absolute Gasteiger partial charge is 0.497 e. The standard InChI is InChI=1S/C20H18ClN3O7S2/c1-27-11-4-6-13(21)15(8-11)31-17-18(22-20(32-3)23-19(17)28-2)24-33(25,26)12-5-7-14-16(9-12)30-10-29-14/h4-9H,10H2,1-3H3,(H,22,23,24). The third-order valence-corrected chi connectivity index (χ3v) is 6.62. The number of hydrogen-bond donors (Lipinski definition) is 1. The summed E-state index contributed by atoms with van der Waals surface area (Å²) in [6.45, 7) is 0.0196. The molecule has 13 heteroatoms. The van der Waals surface area contributed by atoms with Crippen LogP contribution in [-0.2, 0) is 10.0 Å². The highest BCUT2D eigenvalue weighted by atomic mass is 35.5. The molecule has 0 atom stereocenters. The van der Waals surface area contributed by atoms with Crippen molar-refractivity contribution in [3.05, 3.63) is 41.4 Å². The van der Waals surface area contributed by atoms with E-state index >= 15 is 0 Å². The maximum Gasteiger partial charge on any atom is 0.263 e. The third kappa shape index (κ3) is 4.82. The molecule has 0 bridgehead atoms. The van der Waals surface area contributed by atoms with Crippen molar-refractivity contribution >= 4 is 39.2 Å². The summed E-state index contributed by atoms with van der Waals surface area (Å²) < 4.78 is 55.7. The van der Waals surface area contributed by atoms with E-state index in [2.05, 4.69) is 14.7 Å². The quantitative estimate of drug-likeness (QED) is 0.348. The fourth-order valence-corrected chi connectivity index (χ4v) is 4.36. The molecule has 0 aliphatic carbocycles. The number of benzene rings is 2. The number of ether oxygens (including phenoxy) is 5. The van der Waals surface area contributed by atoms with E-state index in [-0.39, 0.29) is 45.1 Å². The van der Waals surface area contributed by atoms with Gasteiger partial charge in [-0.3, -0.25) is 4.72 Å². The molecule has 1 N–H and O–H groups in total. The molecule has 0 unspecified atom stereocenters. The lowest BCUT2D eigenvalue weighted by molar-refractivity contribution is 0.174. The summed E-state index contributed by atoms with van der Waals surface area (Å²) in [5.74, 6) is 1.26. The first-order valence-electron chi connectivity index (χ1n) is 9.28. The molecule has 4 rings (SSSR count). The Labute approximate surface area is 199 Å². The Morgan fingerprint density at radius 1 is 1.06 bits per heavy atom. The molecular formula is C20H18ClN3O7S2. The number of nitrogens with zero attached hydrogens (tertiary/aromatic N) is 2. The van der Waals surface area contributed by atoms with E-state index in [9.17, 15) is 8.42 Å². The molecule has 2 heterocycles. The fourth-order valence-electron chi connectivity index (χ4n) is 2.83. The third-order valence-electron chi connectivity index (χ3n) is 4.43. The normalized spacial score (nSPS) is 12.4. The second-order valence-corrected chi connectivity index (χ2v) is 9.28. The van der Waals surface area contributed by atoms with Gasteiger partial charge in [-0.2, -0.15) is 4.98 Å². The van der Waals surface area contributed by atoms with Gasteiger partial charge in [-0.05, 0) is 30.5 Å². The molecule has 0 amide bonds. The molecule has 3 aromatic rings. The molecule has 0 saturated carbocycles. The number of aromatic nitrogens is 2. The summed E-state index contributed by atoms with van der Waals surface area (Å²) in [4.78, 5) is 8.47. The minimum absolute atomic E-state index is 0.0108. The monoisotopic (exact) mass is 511 g/mol. The van der Waals surface area contributed by atoms with Crippen LogP contribution in [0.5, 0.6) is 34.6 Å². The molecule has 10 nitrogen and oxygen atoms in total. The number of nitrogens with one attached hydrogen (secondary N) is 1. The van der Waals surface area contributed by atoms with Crippen molar-refractivity contribution in [3.63, 3.8) is 0 Å². The van der Waals surface area contributed by atoms with Gasteiger partial charge in [0.05, 0.1) is 24.1 Å². The maximum absolute atomic E-state index is 13.2. The average molecular weight is 512 g/mol. The van der Waals surface area contributed by atoms with Gasteiger partial charge >= 0.3 is 0 Å². The molecule has 1 aliphatic heterocycles. The lowest BCUT2D eigenvalue weighted by atomic mass is 10.3. The lowest BCUT2D eigenvalue weighted by Gasteiger charge is -2.16. The van der Waals surface area contributed by atoms with E-state index < -0.39 is 10.0 Å². The summed E-state index contributed by atoms with van der Waals surface area (Å²) >= 11 is 7.46. The zero-order chi connectivity index (χ0) is 23.6. The van der Waals surface area contributed by atoms with Crippen LogP contribution in [0.2, 0.25) is 5.02 Å². The van der Waals surface area contributed by atoms with Crippen molar-refractivity contribution in [2.45, 2.75) is 10.1 Å². The molecule has 0 spiro atoms. The van der Waals surface area contributed by atoms with Crippen molar-refractivity contribution < 1.29 is 32.1 Å². The number of rotatable bonds is 8. The first-order valence-corrected chi connectivity index (χ1v) is 12.4. The molecule has 0 radical (unpaired) electrons. The molecule has 33 heavy (non-hydrogen) atoms. The summed E-state index contributed by atoms with van der Waals surface area (Å²) in [6, 6.07) is 9.04. The lowest BCUT2D eigenvalue weighted by Crippen LogP contribution is -2.15. The number of fused-ring (bicyclic) bond motifs is 1. The SMILES string of the molecule is COc1ccc(Cl)c(Oc2c(NS(=O)(=O)c3ccc4c(c3)OCO4)nc(SC)nc2OC)c1. The Balaban J connectivity index is 1.77. The molecule has 0 saturated heterocycles. The van der Waals surface area contributed by atoms with Gasteiger partial charge < -0.3 is 23.7 Å². The van der Waals surface area contributed by atoms with Gasteiger partial charge in [-0.25, -0.2) is 13.4 Å². The molecule has 1 aliphatic rings. The van der Waals surface area contributed by atoms with Crippen LogP contribution in [0.1, 0.15) is 0 Å². The van der Waals surface area contributed by atoms with Crippen LogP contribution in [0.25, 0.3) is 0 Å². The Morgan fingerprint density at radius 3 is 2.58 bits per heavy atom. The Bertz CT molecular complexity index is 1310. The summed E-state index contributed by atoms with van der Waals surface area (Å²) in [5.41, 5.74) is 0. The van der Waals surface area contributed by atoms with Gasteiger partial charge in [0, 0.05) is 12.1 Å². The van der Waals surface area contributed by atoms with E-state index in [0.717, 1.165) is 0 Å². The summed E-state index contributed by atoms with van der Waals surface area (Å²) in [5, 5.41) is 0.524. The molecule has 174 valence electrons. The van der Waals surface area contributed by atoms with Gasteiger partial charge in [0.25, 0.3) is 15.9 Å². The number of thioether (sulfide) groups is 1. The van der Waals surface area contributed by atoms with Crippen molar-refractivity contribution in [2.75, 3.05) is 32.0 Å². The Morgan fingerprint density at radius 2 is 1.85 bits per heavy atom. The Hall–Kier alpha value is -3.09. The van der Waals surface area contributed by atoms with Crippen LogP contribution >= 0.6 is 23.4 Å². The van der Waals surface area contributed by atoms with Crippen molar-refractivity contribution in [3.8, 4) is 34.6 Å². The number of methoxy groups -OCH3 is 2. The highest BCUT2D eigenvalue weighted by Gasteiger charge is 2.26. The number of anilines is 1. The van der Waals surface area contributed by atoms with Crippen LogP contribution in [0.4, 0.5) is 5.82 Å². The molecule has 1 aromatic heterocycles. The number of sulfonamides is 1. The van der Waals surface area contributed by atoms with Gasteiger partial charge in [0.2, 0.25) is 12.5 Å². The van der Waals surface area contributed by atoms with Gasteiger partial charge in [-0.1, -0.05) is 23.4 Å². The first kappa shape index (κ1) is 23.1. The highest BCUT2D eigenvalue weighted by molar-refractivity contribution is 7.98. The van der Waals surface area contributed by atoms with Gasteiger partial charge in [0.15, 0.2) is 22.5 Å². The van der Waals surface area contributed by atoms with Crippen molar-refractivity contribution in [1.82, 2.24) is 9.97 Å². The predicted octanol–water partition coefficient (Wildman–Crippen LogP) is 4.19. The average Bonchev–Trinajstić information content (AvgIpc) is 3.29. The van der Waals surface area contributed by atoms with Crippen LogP contribution in [0.15, 0.2) is 46.5 Å².